The summed E-state index contributed by atoms with van der Waals surface area (Å²) in [6.07, 6.45) is 2.73. The average molecular weight is 420 g/mol. The fourth-order valence-corrected chi connectivity index (χ4v) is 3.91. The Bertz CT molecular complexity index is 784. The molecule has 3 rings (SSSR count). The first-order valence-corrected chi connectivity index (χ1v) is 9.81. The van der Waals surface area contributed by atoms with Gasteiger partial charge in [0, 0.05) is 30.2 Å². The van der Waals surface area contributed by atoms with Crippen LogP contribution in [0.4, 0.5) is 5.69 Å². The van der Waals surface area contributed by atoms with E-state index < -0.39 is 0 Å². The molecule has 1 aliphatic heterocycles. The van der Waals surface area contributed by atoms with Crippen LogP contribution in [0.5, 0.6) is 0 Å². The molecule has 0 saturated heterocycles. The van der Waals surface area contributed by atoms with Gasteiger partial charge in [-0.25, -0.2) is 4.98 Å². The topological polar surface area (TPSA) is 62.3 Å². The van der Waals surface area contributed by atoms with E-state index in [-0.39, 0.29) is 11.8 Å². The van der Waals surface area contributed by atoms with Crippen LogP contribution in [0.25, 0.3) is 0 Å². The van der Waals surface area contributed by atoms with Gasteiger partial charge < -0.3 is 10.2 Å². The van der Waals surface area contributed by atoms with E-state index in [1.807, 2.05) is 36.4 Å². The maximum Gasteiger partial charge on any atom is 0.237 e. The van der Waals surface area contributed by atoms with E-state index in [4.69, 9.17) is 0 Å². The number of thioether (sulfide) groups is 1. The minimum Gasteiger partial charge on any atom is -0.352 e. The van der Waals surface area contributed by atoms with E-state index in [1.54, 1.807) is 11.1 Å². The zero-order valence-electron chi connectivity index (χ0n) is 13.6. The number of carbonyl (C=O) groups is 2. The highest BCUT2D eigenvalue weighted by molar-refractivity contribution is 9.10. The van der Waals surface area contributed by atoms with Crippen molar-refractivity contribution in [1.29, 1.82) is 0 Å². The highest BCUT2D eigenvalue weighted by atomic mass is 79.9. The van der Waals surface area contributed by atoms with Gasteiger partial charge in [-0.15, -0.1) is 0 Å². The lowest BCUT2D eigenvalue weighted by atomic mass is 10.2. The fourth-order valence-electron chi connectivity index (χ4n) is 2.61. The van der Waals surface area contributed by atoms with Gasteiger partial charge in [-0.2, -0.15) is 0 Å². The molecule has 1 aromatic carbocycles. The molecule has 7 heteroatoms. The molecule has 0 aliphatic carbocycles. The quantitative estimate of drug-likeness (QED) is 0.779. The van der Waals surface area contributed by atoms with Crippen molar-refractivity contribution in [3.63, 3.8) is 0 Å². The normalized spacial score (nSPS) is 13.5. The summed E-state index contributed by atoms with van der Waals surface area (Å²) >= 11 is 4.93. The molecule has 0 spiro atoms. The molecule has 1 aliphatic rings. The molecule has 1 aromatic heterocycles. The summed E-state index contributed by atoms with van der Waals surface area (Å²) in [4.78, 5) is 30.2. The number of hydrogen-bond donors (Lipinski definition) is 1. The number of aromatic nitrogens is 1. The molecule has 2 amide bonds. The van der Waals surface area contributed by atoms with E-state index in [1.165, 1.54) is 11.8 Å². The number of benzene rings is 1. The van der Waals surface area contributed by atoms with Gasteiger partial charge in [0.25, 0.3) is 0 Å². The highest BCUT2D eigenvalue weighted by Crippen LogP contribution is 2.33. The second kappa shape index (κ2) is 8.49. The van der Waals surface area contributed by atoms with Crippen LogP contribution in [0.1, 0.15) is 18.4 Å². The smallest absolute Gasteiger partial charge is 0.237 e. The Balaban J connectivity index is 1.49. The summed E-state index contributed by atoms with van der Waals surface area (Å²) < 4.78 is 0.982. The standard InChI is InChI=1S/C18H18BrN3O2S/c19-14-6-2-1-5-13(14)11-21-16(23)8-4-10-22-15-7-3-9-20-18(15)25-12-17(22)24/h1-3,5-7,9H,4,8,10-12H2,(H,21,23). The lowest BCUT2D eigenvalue weighted by Crippen LogP contribution is -2.37. The van der Waals surface area contributed by atoms with Crippen molar-refractivity contribution < 1.29 is 9.59 Å². The molecule has 2 aromatic rings. The first kappa shape index (κ1) is 17.9. The summed E-state index contributed by atoms with van der Waals surface area (Å²) in [5, 5.41) is 3.79. The predicted octanol–water partition coefficient (Wildman–Crippen LogP) is 3.38. The van der Waals surface area contributed by atoms with Crippen LogP contribution in [0.2, 0.25) is 0 Å². The van der Waals surface area contributed by atoms with Gasteiger partial charge in [0.1, 0.15) is 5.03 Å². The van der Waals surface area contributed by atoms with E-state index in [9.17, 15) is 9.59 Å². The number of pyridine rings is 1. The number of rotatable bonds is 6. The Kier molecular flexibility index (Phi) is 6.09. The number of hydrogen-bond acceptors (Lipinski definition) is 4. The number of fused-ring (bicyclic) bond motifs is 1. The maximum atomic E-state index is 12.2. The summed E-state index contributed by atoms with van der Waals surface area (Å²) in [5.74, 6) is 0.457. The summed E-state index contributed by atoms with van der Waals surface area (Å²) in [7, 11) is 0. The molecule has 25 heavy (non-hydrogen) atoms. The van der Waals surface area contributed by atoms with Crippen LogP contribution in [0.3, 0.4) is 0 Å². The van der Waals surface area contributed by atoms with Crippen molar-refractivity contribution >= 4 is 45.2 Å². The van der Waals surface area contributed by atoms with Crippen molar-refractivity contribution in [3.8, 4) is 0 Å². The molecule has 1 N–H and O–H groups in total. The van der Waals surface area contributed by atoms with E-state index in [0.29, 0.717) is 31.7 Å². The molecule has 0 radical (unpaired) electrons. The number of nitrogens with one attached hydrogen (secondary N) is 1. The van der Waals surface area contributed by atoms with Crippen molar-refractivity contribution in [3.05, 3.63) is 52.6 Å². The van der Waals surface area contributed by atoms with Gasteiger partial charge >= 0.3 is 0 Å². The third-order valence-corrected chi connectivity index (χ3v) is 5.65. The Labute approximate surface area is 159 Å². The average Bonchev–Trinajstić information content (AvgIpc) is 2.63. The first-order valence-electron chi connectivity index (χ1n) is 8.03. The third kappa shape index (κ3) is 4.61. The lowest BCUT2D eigenvalue weighted by Gasteiger charge is -2.27. The highest BCUT2D eigenvalue weighted by Gasteiger charge is 2.24. The van der Waals surface area contributed by atoms with Crippen LogP contribution in [0, 0.1) is 0 Å². The fraction of sp³-hybridized carbons (Fsp3) is 0.278. The van der Waals surface area contributed by atoms with E-state index in [0.717, 1.165) is 20.7 Å². The van der Waals surface area contributed by atoms with Crippen LogP contribution in [0.15, 0.2) is 52.1 Å². The maximum absolute atomic E-state index is 12.2. The van der Waals surface area contributed by atoms with Gasteiger partial charge in [-0.1, -0.05) is 45.9 Å². The van der Waals surface area contributed by atoms with Crippen LogP contribution < -0.4 is 10.2 Å². The predicted molar refractivity (Wildman–Crippen MR) is 103 cm³/mol. The molecule has 5 nitrogen and oxygen atoms in total. The Hall–Kier alpha value is -1.86. The second-order valence-electron chi connectivity index (χ2n) is 5.63. The number of nitrogens with zero attached hydrogens (tertiary/aromatic N) is 2. The van der Waals surface area contributed by atoms with Crippen molar-refractivity contribution in [2.75, 3.05) is 17.2 Å². The number of anilines is 1. The monoisotopic (exact) mass is 419 g/mol. The molecule has 2 heterocycles. The van der Waals surface area contributed by atoms with Crippen LogP contribution in [-0.4, -0.2) is 29.1 Å². The van der Waals surface area contributed by atoms with Gasteiger partial charge in [-0.3, -0.25) is 9.59 Å². The summed E-state index contributed by atoms with van der Waals surface area (Å²) in [5.41, 5.74) is 1.89. The zero-order valence-corrected chi connectivity index (χ0v) is 16.0. The third-order valence-electron chi connectivity index (χ3n) is 3.89. The van der Waals surface area contributed by atoms with E-state index in [2.05, 4.69) is 26.2 Å². The minimum atomic E-state index is -0.0130. The van der Waals surface area contributed by atoms with Crippen molar-refractivity contribution in [2.24, 2.45) is 0 Å². The number of halogens is 1. The first-order chi connectivity index (χ1) is 12.1. The molecule has 0 bridgehead atoms. The Morgan fingerprint density at radius 3 is 2.96 bits per heavy atom. The Morgan fingerprint density at radius 1 is 1.28 bits per heavy atom. The number of carbonyl (C=O) groups excluding carboxylic acids is 2. The largest absolute Gasteiger partial charge is 0.352 e. The van der Waals surface area contributed by atoms with Crippen molar-refractivity contribution in [1.82, 2.24) is 10.3 Å². The molecule has 0 saturated carbocycles. The number of amides is 2. The Morgan fingerprint density at radius 2 is 2.12 bits per heavy atom. The van der Waals surface area contributed by atoms with Crippen LogP contribution in [-0.2, 0) is 16.1 Å². The van der Waals surface area contributed by atoms with E-state index >= 15 is 0 Å². The van der Waals surface area contributed by atoms with Gasteiger partial charge in [-0.05, 0) is 30.2 Å². The molecular formula is C18H18BrN3O2S. The molecular weight excluding hydrogens is 402 g/mol. The van der Waals surface area contributed by atoms with Crippen molar-refractivity contribution in [2.45, 2.75) is 24.4 Å². The molecule has 0 unspecified atom stereocenters. The molecule has 130 valence electrons. The van der Waals surface area contributed by atoms with Crippen LogP contribution >= 0.6 is 27.7 Å². The molecule has 0 fully saturated rings. The van der Waals surface area contributed by atoms with Gasteiger partial charge in [0.05, 0.1) is 11.4 Å². The van der Waals surface area contributed by atoms with Gasteiger partial charge in [0.15, 0.2) is 0 Å². The lowest BCUT2D eigenvalue weighted by molar-refractivity contribution is -0.121. The zero-order chi connectivity index (χ0) is 17.6. The molecule has 0 atom stereocenters. The SMILES string of the molecule is O=C(CCCN1C(=O)CSc2ncccc21)NCc1ccccc1Br. The van der Waals surface area contributed by atoms with Gasteiger partial charge in [0.2, 0.25) is 11.8 Å². The summed E-state index contributed by atoms with van der Waals surface area (Å²) in [6.45, 7) is 1.02. The minimum absolute atomic E-state index is 0.0130. The second-order valence-corrected chi connectivity index (χ2v) is 7.45. The summed E-state index contributed by atoms with van der Waals surface area (Å²) in [6, 6.07) is 11.5.